The number of imide groups is 1. The average Bonchev–Trinajstić information content (AvgIpc) is 1.64. The van der Waals surface area contributed by atoms with Crippen LogP contribution < -0.4 is 46.1 Å². The van der Waals surface area contributed by atoms with Gasteiger partial charge in [-0.2, -0.15) is 5.26 Å². The Morgan fingerprint density at radius 1 is 0.788 bits per heavy atom. The highest BCUT2D eigenvalue weighted by molar-refractivity contribution is 6.13. The fourth-order valence-corrected chi connectivity index (χ4v) is 16.8. The number of nitrogen functional groups attached to an aromatic ring is 1. The van der Waals surface area contributed by atoms with Crippen molar-refractivity contribution in [2.45, 2.75) is 191 Å². The quantitative estimate of drug-likeness (QED) is 0.0141. The minimum absolute atomic E-state index is 0.000390. The molecule has 5 aliphatic heterocycles. The van der Waals surface area contributed by atoms with Crippen molar-refractivity contribution >= 4 is 64.2 Å². The number of piperidine rings is 1. The molecule has 0 radical (unpaired) electrons. The van der Waals surface area contributed by atoms with Crippen LogP contribution in [0.3, 0.4) is 0 Å². The summed E-state index contributed by atoms with van der Waals surface area (Å²) >= 11 is 0. The number of aliphatic hydroxyl groups is 1. The molecule has 3 aromatic carbocycles. The molecule has 7 N–H and O–H groups in total. The predicted octanol–water partition coefficient (Wildman–Crippen LogP) is 8.08. The van der Waals surface area contributed by atoms with Crippen molar-refractivity contribution in [3.8, 4) is 34.8 Å². The number of para-hydroxylation sites is 1. The molecule has 600 valence electrons. The van der Waals surface area contributed by atoms with Gasteiger partial charge in [-0.3, -0.25) is 43.4 Å². The Labute approximate surface area is 659 Å². The van der Waals surface area contributed by atoms with E-state index in [4.69, 9.17) is 34.9 Å². The zero-order valence-corrected chi connectivity index (χ0v) is 65.3. The van der Waals surface area contributed by atoms with Crippen LogP contribution >= 0.6 is 0 Å². The number of amides is 7. The van der Waals surface area contributed by atoms with Crippen LogP contribution in [0.5, 0.6) is 17.5 Å². The monoisotopic (exact) mass is 1550 g/mol. The maximum Gasteiger partial charge on any atom is 0.254 e. The second kappa shape index (κ2) is 36.5. The number of nitrogens with zero attached hydrogens (tertiary/aromatic N) is 12. The lowest BCUT2D eigenvalue weighted by atomic mass is 9.67. The molecule has 29 heteroatoms. The van der Waals surface area contributed by atoms with E-state index in [-0.39, 0.29) is 110 Å². The smallest absolute Gasteiger partial charge is 0.254 e. The number of fused-ring (bicyclic) bond motifs is 2. The molecule has 2 aliphatic carbocycles. The number of aromatic nitrogens is 4. The largest absolute Gasteiger partial charge is 0.488 e. The van der Waals surface area contributed by atoms with Crippen LogP contribution in [0.4, 0.5) is 22.9 Å². The molecule has 7 amide bonds. The molecule has 13 rings (SSSR count). The number of primary amides is 1. The van der Waals surface area contributed by atoms with Crippen molar-refractivity contribution in [2.24, 2.45) is 17.1 Å². The number of hydrogen-bond donors (Lipinski definition) is 5. The predicted molar refractivity (Wildman–Crippen MR) is 422 cm³/mol. The zero-order valence-electron chi connectivity index (χ0n) is 65.3. The number of benzene rings is 3. The molecule has 2 saturated carbocycles. The number of nitrogens with two attached hydrogens (primary N) is 2. The number of nitrogens with one attached hydrogen (secondary N) is 2. The minimum atomic E-state index is -1.38. The average molecular weight is 1550 g/mol. The summed E-state index contributed by atoms with van der Waals surface area (Å²) in [5.74, 6) is -1.73. The molecule has 6 fully saturated rings. The Morgan fingerprint density at radius 3 is 2.20 bits per heavy atom. The van der Waals surface area contributed by atoms with Crippen LogP contribution in [0.1, 0.15) is 158 Å². The van der Waals surface area contributed by atoms with Crippen molar-refractivity contribution in [1.29, 1.82) is 5.26 Å². The molecule has 113 heavy (non-hydrogen) atoms. The Hall–Kier alpha value is -10.5. The van der Waals surface area contributed by atoms with Gasteiger partial charge >= 0.3 is 0 Å². The first-order valence-corrected chi connectivity index (χ1v) is 40.0. The van der Waals surface area contributed by atoms with Gasteiger partial charge in [-0.1, -0.05) is 56.7 Å². The molecule has 8 heterocycles. The SMILES string of the molecule is CC(C)[C@@H](C(=O)N1C[C@H](O)C[C@H]1C(=O)N[C@@H](C)c1ccc(C#N)cc1)c1cc(OCCN2CCC(OC3CC(Oc4cc(N5C6CCC5CN(c5cc(-c7ccccc7OCc7ccc(NC(=O)[C@H](CCCCN(C)C)N(CCCCCN8C(=O)C=CC8=O)C(=O)C8(C(N)=O)CCC8)cc7)nnc5N)C6)ccn4)C3)CC2)no1. The van der Waals surface area contributed by atoms with Gasteiger partial charge in [0.2, 0.25) is 35.4 Å². The number of ether oxygens (including phenoxy) is 4. The summed E-state index contributed by atoms with van der Waals surface area (Å²) in [4.78, 5) is 112. The highest BCUT2D eigenvalue weighted by Gasteiger charge is 2.53. The maximum absolute atomic E-state index is 14.6. The van der Waals surface area contributed by atoms with Crippen LogP contribution in [-0.2, 0) is 44.9 Å². The normalized spacial score (nSPS) is 21.5. The van der Waals surface area contributed by atoms with Crippen LogP contribution in [0.25, 0.3) is 11.3 Å². The van der Waals surface area contributed by atoms with Gasteiger partial charge < -0.3 is 75.2 Å². The van der Waals surface area contributed by atoms with E-state index in [2.05, 4.69) is 68.8 Å². The van der Waals surface area contributed by atoms with Crippen LogP contribution in [-0.4, -0.2) is 219 Å². The van der Waals surface area contributed by atoms with Crippen molar-refractivity contribution < 1.29 is 62.1 Å². The van der Waals surface area contributed by atoms with Gasteiger partial charge in [0.25, 0.3) is 17.7 Å². The van der Waals surface area contributed by atoms with Crippen molar-refractivity contribution in [2.75, 3.05) is 100 Å². The number of likely N-dealkylation sites (tertiary alicyclic amines) is 2. The van der Waals surface area contributed by atoms with E-state index in [1.807, 2.05) is 83.5 Å². The highest BCUT2D eigenvalue weighted by Crippen LogP contribution is 2.45. The Morgan fingerprint density at radius 2 is 1.51 bits per heavy atom. The molecule has 7 aliphatic rings. The number of aliphatic hydroxyl groups excluding tert-OH is 1. The summed E-state index contributed by atoms with van der Waals surface area (Å²) in [6, 6.07) is 30.1. The first-order valence-electron chi connectivity index (χ1n) is 40.0. The molecule has 4 saturated heterocycles. The summed E-state index contributed by atoms with van der Waals surface area (Å²) in [7, 11) is 3.96. The third-order valence-electron chi connectivity index (χ3n) is 23.4. The van der Waals surface area contributed by atoms with Gasteiger partial charge in [-0.05, 0) is 175 Å². The van der Waals surface area contributed by atoms with E-state index >= 15 is 0 Å². The van der Waals surface area contributed by atoms with Crippen LogP contribution in [0.15, 0.2) is 120 Å². The fraction of sp³-hybridized carbons (Fsp3) is 0.524. The summed E-state index contributed by atoms with van der Waals surface area (Å²) in [5.41, 5.74) is 17.2. The maximum atomic E-state index is 14.6. The third-order valence-corrected chi connectivity index (χ3v) is 23.4. The second-order valence-electron chi connectivity index (χ2n) is 31.9. The number of carbonyl (C=O) groups is 7. The zero-order chi connectivity index (χ0) is 79.5. The van der Waals surface area contributed by atoms with E-state index in [0.717, 1.165) is 106 Å². The van der Waals surface area contributed by atoms with Gasteiger partial charge in [0.05, 0.1) is 47.4 Å². The van der Waals surface area contributed by atoms with E-state index in [0.29, 0.717) is 105 Å². The summed E-state index contributed by atoms with van der Waals surface area (Å²) in [6.45, 7) is 11.3. The molecule has 2 unspecified atom stereocenters. The Kier molecular flexibility index (Phi) is 26.0. The van der Waals surface area contributed by atoms with Gasteiger partial charge in [0.15, 0.2) is 11.6 Å². The lowest BCUT2D eigenvalue weighted by Gasteiger charge is -2.43. The first kappa shape index (κ1) is 80.5. The molecular weight excluding hydrogens is 1440 g/mol. The first-order chi connectivity index (χ1) is 54.6. The number of unbranched alkanes of at least 4 members (excludes halogenated alkanes) is 3. The summed E-state index contributed by atoms with van der Waals surface area (Å²) in [5, 5.41) is 39.2. The summed E-state index contributed by atoms with van der Waals surface area (Å²) in [6.07, 6.45) is 13.9. The minimum Gasteiger partial charge on any atom is -0.488 e. The van der Waals surface area contributed by atoms with Crippen molar-refractivity contribution in [3.05, 3.63) is 138 Å². The van der Waals surface area contributed by atoms with Gasteiger partial charge in [-0.15, -0.1) is 10.2 Å². The number of anilines is 4. The topological polar surface area (TPSA) is 364 Å². The molecule has 2 bridgehead atoms. The number of pyridine rings is 1. The number of piperazine rings is 1. The Balaban J connectivity index is 0.549. The van der Waals surface area contributed by atoms with E-state index in [9.17, 15) is 43.9 Å². The number of β-amino-alcohol motifs (C(OH)–C–C–N with tert-alkyl or cyclic N) is 1. The number of hydrogen-bond acceptors (Lipinski definition) is 23. The molecular formula is C84H106N16O13. The second-order valence-corrected chi connectivity index (χ2v) is 31.9. The van der Waals surface area contributed by atoms with Gasteiger partial charge in [-0.25, -0.2) is 4.98 Å². The molecule has 29 nitrogen and oxygen atoms in total. The lowest BCUT2D eigenvalue weighted by molar-refractivity contribution is -0.159. The van der Waals surface area contributed by atoms with Crippen molar-refractivity contribution in [1.82, 2.24) is 50.2 Å². The van der Waals surface area contributed by atoms with E-state index in [1.165, 1.54) is 22.0 Å². The molecule has 3 aromatic heterocycles. The van der Waals surface area contributed by atoms with E-state index in [1.54, 1.807) is 47.4 Å². The third kappa shape index (κ3) is 19.2. The van der Waals surface area contributed by atoms with E-state index < -0.39 is 41.3 Å². The van der Waals surface area contributed by atoms with Crippen LogP contribution in [0.2, 0.25) is 0 Å². The van der Waals surface area contributed by atoms with Crippen molar-refractivity contribution in [3.63, 3.8) is 0 Å². The molecule has 7 atom stereocenters. The fourth-order valence-electron chi connectivity index (χ4n) is 16.8. The van der Waals surface area contributed by atoms with Crippen LogP contribution in [0, 0.1) is 22.7 Å². The van der Waals surface area contributed by atoms with Gasteiger partial charge in [0.1, 0.15) is 48.5 Å². The molecule has 6 aromatic rings. The number of carbonyl (C=O) groups excluding carboxylic acids is 7. The lowest BCUT2D eigenvalue weighted by Crippen LogP contribution is -2.59. The number of rotatable bonds is 36. The summed E-state index contributed by atoms with van der Waals surface area (Å²) < 4.78 is 31.4. The standard InChI is InChI=1S/C84H106N16O13/c1-53(2)77(81(106)99-51-62(101)43-70(99)80(105)89-54(3)57-21-17-55(48-85)18-22-57)72-47-74(93-113-72)109-41-40-95-38-30-63(31-39-95)111-64-44-65(45-64)112-73-42-59(29-34-88-73)100-60-25-26-61(100)50-96(49-60)69-46-67(91-92-78(69)86)66-14-7-8-16-71(66)110-52-56-19-23-58(24-20-56)90-79(104)68(15-9-12-35-94(4)5)97(83(108)84(82(87)107)32-13-33-84)36-10-6-11-37-98-75(102)27-28-76(98)103/h7-8,14,16-24,27-29,34,42,46-47,53-54,60-65,68,70,77,101H,6,9-13,15,25-26,30-33,35-41,43-45,49-52H2,1-5H3,(H2,86,92)(H2,87,107)(H,89,105)(H,90,104)/t54-,60?,61?,62+,64?,65?,68-,70-,77+/m0/s1. The highest BCUT2D eigenvalue weighted by atomic mass is 16.5. The van der Waals surface area contributed by atoms with Gasteiger partial charge in [0, 0.05) is 131 Å². The number of nitriles is 1. The molecule has 0 spiro atoms. The Bertz CT molecular complexity index is 4390.